The van der Waals surface area contributed by atoms with Crippen molar-refractivity contribution in [1.82, 2.24) is 4.98 Å². The highest BCUT2D eigenvalue weighted by Crippen LogP contribution is 2.35. The van der Waals surface area contributed by atoms with Gasteiger partial charge in [0, 0.05) is 29.4 Å². The summed E-state index contributed by atoms with van der Waals surface area (Å²) in [6, 6.07) is 7.43. The lowest BCUT2D eigenvalue weighted by atomic mass is 9.97. The summed E-state index contributed by atoms with van der Waals surface area (Å²) in [5, 5.41) is 15.5. The normalized spacial score (nSPS) is 25.1. The van der Waals surface area contributed by atoms with E-state index in [9.17, 15) is 10.1 Å². The third kappa shape index (κ3) is 2.44. The first kappa shape index (κ1) is 13.8. The van der Waals surface area contributed by atoms with Gasteiger partial charge in [-0.3, -0.25) is 10.1 Å². The summed E-state index contributed by atoms with van der Waals surface area (Å²) in [6.07, 6.45) is 4.00. The van der Waals surface area contributed by atoms with Gasteiger partial charge in [-0.15, -0.1) is 0 Å². The number of pyridine rings is 1. The van der Waals surface area contributed by atoms with Crippen LogP contribution in [0.15, 0.2) is 30.5 Å². The molecule has 0 amide bonds. The van der Waals surface area contributed by atoms with Gasteiger partial charge in [0.15, 0.2) is 0 Å². The van der Waals surface area contributed by atoms with Crippen LogP contribution in [0.3, 0.4) is 0 Å². The van der Waals surface area contributed by atoms with E-state index in [-0.39, 0.29) is 10.6 Å². The van der Waals surface area contributed by atoms with Crippen molar-refractivity contribution >= 4 is 22.3 Å². The van der Waals surface area contributed by atoms with Crippen LogP contribution in [-0.2, 0) is 0 Å². The summed E-state index contributed by atoms with van der Waals surface area (Å²) >= 11 is 0. The topological polar surface area (TPSA) is 68.1 Å². The molecule has 110 valence electrons. The quantitative estimate of drug-likeness (QED) is 0.684. The number of rotatable bonds is 3. The Labute approximate surface area is 123 Å². The second-order valence-corrected chi connectivity index (χ2v) is 5.95. The number of para-hydroxylation sites is 1. The Kier molecular flexibility index (Phi) is 3.49. The molecule has 1 aliphatic carbocycles. The summed E-state index contributed by atoms with van der Waals surface area (Å²) < 4.78 is 0. The Hall–Kier alpha value is -2.17. The number of aromatic nitrogens is 1. The monoisotopic (exact) mass is 285 g/mol. The Morgan fingerprint density at radius 2 is 2.10 bits per heavy atom. The molecule has 1 aromatic heterocycles. The molecule has 5 heteroatoms. The summed E-state index contributed by atoms with van der Waals surface area (Å²) in [7, 11) is 0. The third-order valence-electron chi connectivity index (χ3n) is 4.75. The van der Waals surface area contributed by atoms with Gasteiger partial charge in [-0.25, -0.2) is 4.98 Å². The highest BCUT2D eigenvalue weighted by atomic mass is 16.6. The van der Waals surface area contributed by atoms with Gasteiger partial charge in [-0.2, -0.15) is 0 Å². The van der Waals surface area contributed by atoms with E-state index in [2.05, 4.69) is 24.1 Å². The minimum absolute atomic E-state index is 0.0592. The van der Waals surface area contributed by atoms with E-state index in [1.807, 2.05) is 12.1 Å². The van der Waals surface area contributed by atoms with Crippen LogP contribution in [-0.4, -0.2) is 15.9 Å². The molecule has 3 unspecified atom stereocenters. The number of hydrogen-bond acceptors (Lipinski definition) is 4. The Morgan fingerprint density at radius 3 is 2.76 bits per heavy atom. The molecule has 3 atom stereocenters. The summed E-state index contributed by atoms with van der Waals surface area (Å²) in [6.45, 7) is 4.54. The number of anilines is 1. The molecule has 21 heavy (non-hydrogen) atoms. The molecule has 1 N–H and O–H groups in total. The fourth-order valence-corrected chi connectivity index (χ4v) is 3.20. The number of non-ortho nitro benzene ring substituents is 1. The first-order valence-corrected chi connectivity index (χ1v) is 7.36. The van der Waals surface area contributed by atoms with Gasteiger partial charge < -0.3 is 5.32 Å². The van der Waals surface area contributed by atoms with Crippen molar-refractivity contribution in [1.29, 1.82) is 0 Å². The van der Waals surface area contributed by atoms with Crippen LogP contribution in [0.2, 0.25) is 0 Å². The average Bonchev–Trinajstić information content (AvgIpc) is 2.79. The SMILES string of the molecule is CC1CCC(Nc2ccnc3c([N+](=O)[O-])cccc23)C1C. The number of nitro benzene ring substituents is 1. The van der Waals surface area contributed by atoms with E-state index in [1.54, 1.807) is 12.3 Å². The van der Waals surface area contributed by atoms with E-state index in [4.69, 9.17) is 0 Å². The molecule has 0 aliphatic heterocycles. The maximum Gasteiger partial charge on any atom is 0.295 e. The lowest BCUT2D eigenvalue weighted by Gasteiger charge is -2.21. The summed E-state index contributed by atoms with van der Waals surface area (Å²) in [4.78, 5) is 14.9. The molecule has 0 radical (unpaired) electrons. The molecule has 1 saturated carbocycles. The Bertz CT molecular complexity index is 686. The maximum atomic E-state index is 11.1. The zero-order valence-electron chi connectivity index (χ0n) is 12.2. The Morgan fingerprint density at radius 1 is 1.29 bits per heavy atom. The van der Waals surface area contributed by atoms with Gasteiger partial charge in [0.25, 0.3) is 5.69 Å². The molecule has 1 aromatic carbocycles. The number of nitro groups is 1. The van der Waals surface area contributed by atoms with Crippen molar-refractivity contribution in [2.75, 3.05) is 5.32 Å². The zero-order chi connectivity index (χ0) is 15.0. The van der Waals surface area contributed by atoms with E-state index in [0.717, 1.165) is 17.5 Å². The third-order valence-corrected chi connectivity index (χ3v) is 4.75. The molecule has 1 aliphatic rings. The molecule has 2 aromatic rings. The molecule has 0 spiro atoms. The van der Waals surface area contributed by atoms with Gasteiger partial charge in [0.1, 0.15) is 5.52 Å². The number of benzene rings is 1. The van der Waals surface area contributed by atoms with E-state index in [0.29, 0.717) is 23.4 Å². The van der Waals surface area contributed by atoms with Gasteiger partial charge in [-0.1, -0.05) is 26.0 Å². The second kappa shape index (κ2) is 5.31. The van der Waals surface area contributed by atoms with Crippen molar-refractivity contribution in [3.05, 3.63) is 40.6 Å². The van der Waals surface area contributed by atoms with Crippen molar-refractivity contribution < 1.29 is 4.92 Å². The molecule has 3 rings (SSSR count). The second-order valence-electron chi connectivity index (χ2n) is 5.95. The highest BCUT2D eigenvalue weighted by Gasteiger charge is 2.30. The van der Waals surface area contributed by atoms with E-state index < -0.39 is 0 Å². The van der Waals surface area contributed by atoms with Gasteiger partial charge in [0.2, 0.25) is 0 Å². The van der Waals surface area contributed by atoms with Gasteiger partial charge in [0.05, 0.1) is 4.92 Å². The smallest absolute Gasteiger partial charge is 0.295 e. The van der Waals surface area contributed by atoms with Crippen molar-refractivity contribution in [2.24, 2.45) is 11.8 Å². The molecular formula is C16H19N3O2. The van der Waals surface area contributed by atoms with Crippen molar-refractivity contribution in [3.8, 4) is 0 Å². The molecule has 0 saturated heterocycles. The number of nitrogens with one attached hydrogen (secondary N) is 1. The first-order chi connectivity index (χ1) is 10.1. The minimum Gasteiger partial charge on any atom is -0.381 e. The predicted octanol–water partition coefficient (Wildman–Crippen LogP) is 3.99. The molecule has 1 fully saturated rings. The van der Waals surface area contributed by atoms with Crippen LogP contribution in [0.5, 0.6) is 0 Å². The van der Waals surface area contributed by atoms with Crippen molar-refractivity contribution in [2.45, 2.75) is 32.7 Å². The fourth-order valence-electron chi connectivity index (χ4n) is 3.20. The lowest BCUT2D eigenvalue weighted by molar-refractivity contribution is -0.383. The first-order valence-electron chi connectivity index (χ1n) is 7.36. The van der Waals surface area contributed by atoms with Crippen LogP contribution in [0.1, 0.15) is 26.7 Å². The van der Waals surface area contributed by atoms with Crippen LogP contribution < -0.4 is 5.32 Å². The highest BCUT2D eigenvalue weighted by molar-refractivity contribution is 5.96. The standard InChI is InChI=1S/C16H19N3O2/c1-10-6-7-13(11(10)2)18-14-8-9-17-16-12(14)4-3-5-15(16)19(20)21/h3-5,8-11,13H,6-7H2,1-2H3,(H,17,18). The Balaban J connectivity index is 2.00. The number of hydrogen-bond donors (Lipinski definition) is 1. The summed E-state index contributed by atoms with van der Waals surface area (Å²) in [5.74, 6) is 1.32. The van der Waals surface area contributed by atoms with Gasteiger partial charge in [-0.05, 0) is 30.7 Å². The zero-order valence-corrected chi connectivity index (χ0v) is 12.2. The minimum atomic E-state index is -0.376. The van der Waals surface area contributed by atoms with Crippen LogP contribution >= 0.6 is 0 Å². The molecule has 1 heterocycles. The van der Waals surface area contributed by atoms with E-state index >= 15 is 0 Å². The van der Waals surface area contributed by atoms with Gasteiger partial charge >= 0.3 is 0 Å². The summed E-state index contributed by atoms with van der Waals surface area (Å²) in [5.41, 5.74) is 1.45. The molecule has 0 bridgehead atoms. The van der Waals surface area contributed by atoms with Crippen LogP contribution in [0, 0.1) is 22.0 Å². The molecule has 5 nitrogen and oxygen atoms in total. The van der Waals surface area contributed by atoms with Crippen LogP contribution in [0.4, 0.5) is 11.4 Å². The number of fused-ring (bicyclic) bond motifs is 1. The van der Waals surface area contributed by atoms with Crippen LogP contribution in [0.25, 0.3) is 10.9 Å². The molecular weight excluding hydrogens is 266 g/mol. The largest absolute Gasteiger partial charge is 0.381 e. The lowest BCUT2D eigenvalue weighted by Crippen LogP contribution is -2.24. The number of nitrogens with zero attached hydrogens (tertiary/aromatic N) is 2. The van der Waals surface area contributed by atoms with Crippen molar-refractivity contribution in [3.63, 3.8) is 0 Å². The predicted molar refractivity (Wildman–Crippen MR) is 83.4 cm³/mol. The van der Waals surface area contributed by atoms with E-state index in [1.165, 1.54) is 12.5 Å². The fraction of sp³-hybridized carbons (Fsp3) is 0.438. The maximum absolute atomic E-state index is 11.1. The average molecular weight is 285 g/mol.